The third kappa shape index (κ3) is 5.61. The van der Waals surface area contributed by atoms with E-state index >= 15 is 0 Å². The molecule has 0 aromatic carbocycles. The Morgan fingerprint density at radius 2 is 1.90 bits per heavy atom. The molecule has 1 aliphatic heterocycles. The van der Waals surface area contributed by atoms with Crippen molar-refractivity contribution >= 4 is 18.0 Å². The predicted molar refractivity (Wildman–Crippen MR) is 75.6 cm³/mol. The third-order valence-corrected chi connectivity index (χ3v) is 3.16. The number of nitrogens with zero attached hydrogens (tertiary/aromatic N) is 2. The molecule has 1 atom stereocenters. The molecule has 1 unspecified atom stereocenters. The van der Waals surface area contributed by atoms with E-state index in [0.717, 1.165) is 0 Å². The molecule has 1 heterocycles. The first-order valence-electron chi connectivity index (χ1n) is 6.97. The third-order valence-electron chi connectivity index (χ3n) is 3.16. The molecular formula is C14H24N2O5. The molecule has 1 rings (SSSR count). The first kappa shape index (κ1) is 17.3. The first-order chi connectivity index (χ1) is 9.60. The Bertz CT molecular complexity index is 416. The smallest absolute Gasteiger partial charge is 0.410 e. The normalized spacial score (nSPS) is 18.3. The fraction of sp³-hybridized carbons (Fsp3) is 0.786. The number of likely N-dealkylation sites (tertiary alicyclic amines) is 1. The zero-order chi connectivity index (χ0) is 16.2. The maximum Gasteiger partial charge on any atom is 0.410 e. The molecule has 1 saturated heterocycles. The summed E-state index contributed by atoms with van der Waals surface area (Å²) in [7, 11) is 1.65. The molecule has 2 amide bonds. The van der Waals surface area contributed by atoms with E-state index in [-0.39, 0.29) is 24.6 Å². The van der Waals surface area contributed by atoms with E-state index in [4.69, 9.17) is 4.74 Å². The second-order valence-corrected chi connectivity index (χ2v) is 6.15. The monoisotopic (exact) mass is 300 g/mol. The van der Waals surface area contributed by atoms with Gasteiger partial charge in [-0.1, -0.05) is 0 Å². The van der Waals surface area contributed by atoms with Gasteiger partial charge >= 0.3 is 12.1 Å². The van der Waals surface area contributed by atoms with Crippen LogP contribution in [-0.2, 0) is 19.1 Å². The summed E-state index contributed by atoms with van der Waals surface area (Å²) in [6, 6.07) is -0.0828. The minimum atomic E-state index is -0.535. The second-order valence-electron chi connectivity index (χ2n) is 6.15. The summed E-state index contributed by atoms with van der Waals surface area (Å²) in [5.41, 5.74) is -0.535. The standard InChI is InChI=1S/C14H24N2O5/c1-10(17)20-9-12(18)15(5)11-6-7-16(8-11)13(19)21-14(2,3)4/h11H,6-9H2,1-5H3. The lowest BCUT2D eigenvalue weighted by molar-refractivity contribution is -0.150. The number of hydrogen-bond acceptors (Lipinski definition) is 5. The van der Waals surface area contributed by atoms with Crippen LogP contribution in [0.4, 0.5) is 4.79 Å². The Kier molecular flexibility index (Phi) is 5.57. The van der Waals surface area contributed by atoms with Crippen molar-refractivity contribution in [2.24, 2.45) is 0 Å². The minimum Gasteiger partial charge on any atom is -0.456 e. The Balaban J connectivity index is 2.48. The molecule has 1 aliphatic rings. The largest absolute Gasteiger partial charge is 0.456 e. The molecule has 7 nitrogen and oxygen atoms in total. The molecule has 120 valence electrons. The van der Waals surface area contributed by atoms with Crippen molar-refractivity contribution in [1.82, 2.24) is 9.80 Å². The van der Waals surface area contributed by atoms with Crippen LogP contribution in [0.1, 0.15) is 34.1 Å². The molecule has 7 heteroatoms. The maximum atomic E-state index is 11.9. The highest BCUT2D eigenvalue weighted by Gasteiger charge is 2.33. The summed E-state index contributed by atoms with van der Waals surface area (Å²) in [6.07, 6.45) is 0.313. The van der Waals surface area contributed by atoms with Gasteiger partial charge in [-0.25, -0.2) is 4.79 Å². The topological polar surface area (TPSA) is 76.2 Å². The molecule has 0 saturated carbocycles. The molecule has 0 spiro atoms. The average Bonchev–Trinajstić information content (AvgIpc) is 2.82. The lowest BCUT2D eigenvalue weighted by atomic mass is 10.2. The lowest BCUT2D eigenvalue weighted by Gasteiger charge is -2.26. The Labute approximate surface area is 125 Å². The number of carbonyl (C=O) groups excluding carboxylic acids is 3. The maximum absolute atomic E-state index is 11.9. The van der Waals surface area contributed by atoms with E-state index < -0.39 is 11.6 Å². The van der Waals surface area contributed by atoms with Gasteiger partial charge in [-0.2, -0.15) is 0 Å². The second kappa shape index (κ2) is 6.78. The molecule has 0 aromatic heterocycles. The van der Waals surface area contributed by atoms with Crippen molar-refractivity contribution in [3.63, 3.8) is 0 Å². The van der Waals surface area contributed by atoms with Crippen LogP contribution in [-0.4, -0.2) is 66.2 Å². The van der Waals surface area contributed by atoms with Gasteiger partial charge in [0, 0.05) is 27.1 Å². The van der Waals surface area contributed by atoms with E-state index in [1.165, 1.54) is 11.8 Å². The summed E-state index contributed by atoms with van der Waals surface area (Å²) in [5.74, 6) is -0.764. The Hall–Kier alpha value is -1.79. The first-order valence-corrected chi connectivity index (χ1v) is 6.97. The van der Waals surface area contributed by atoms with Crippen LogP contribution in [0.25, 0.3) is 0 Å². The molecule has 0 radical (unpaired) electrons. The Morgan fingerprint density at radius 1 is 1.29 bits per heavy atom. The number of ether oxygens (including phenoxy) is 2. The van der Waals surface area contributed by atoms with Gasteiger partial charge < -0.3 is 19.3 Å². The lowest BCUT2D eigenvalue weighted by Crippen LogP contribution is -2.42. The summed E-state index contributed by atoms with van der Waals surface area (Å²) >= 11 is 0. The van der Waals surface area contributed by atoms with E-state index in [0.29, 0.717) is 19.5 Å². The van der Waals surface area contributed by atoms with Gasteiger partial charge in [-0.15, -0.1) is 0 Å². The van der Waals surface area contributed by atoms with Crippen LogP contribution in [0.5, 0.6) is 0 Å². The fourth-order valence-electron chi connectivity index (χ4n) is 2.02. The van der Waals surface area contributed by atoms with Crippen LogP contribution < -0.4 is 0 Å². The molecule has 0 N–H and O–H groups in total. The average molecular weight is 300 g/mol. The van der Waals surface area contributed by atoms with Gasteiger partial charge in [-0.3, -0.25) is 9.59 Å². The van der Waals surface area contributed by atoms with E-state index in [2.05, 4.69) is 4.74 Å². The zero-order valence-electron chi connectivity index (χ0n) is 13.3. The highest BCUT2D eigenvalue weighted by molar-refractivity contribution is 5.80. The fourth-order valence-corrected chi connectivity index (χ4v) is 2.02. The highest BCUT2D eigenvalue weighted by Crippen LogP contribution is 2.18. The summed E-state index contributed by atoms with van der Waals surface area (Å²) in [4.78, 5) is 37.6. The number of likely N-dealkylation sites (N-methyl/N-ethyl adjacent to an activating group) is 1. The van der Waals surface area contributed by atoms with Gasteiger partial charge in [0.1, 0.15) is 5.60 Å². The molecule has 0 aliphatic carbocycles. The molecule has 0 bridgehead atoms. The number of hydrogen-bond donors (Lipinski definition) is 0. The predicted octanol–water partition coefficient (Wildman–Crippen LogP) is 1.02. The number of carbonyl (C=O) groups is 3. The van der Waals surface area contributed by atoms with Crippen molar-refractivity contribution < 1.29 is 23.9 Å². The van der Waals surface area contributed by atoms with Crippen LogP contribution >= 0.6 is 0 Å². The quantitative estimate of drug-likeness (QED) is 0.727. The van der Waals surface area contributed by atoms with Crippen molar-refractivity contribution in [2.75, 3.05) is 26.7 Å². The van der Waals surface area contributed by atoms with Crippen molar-refractivity contribution in [3.8, 4) is 0 Å². The van der Waals surface area contributed by atoms with Crippen LogP contribution in [0.15, 0.2) is 0 Å². The van der Waals surface area contributed by atoms with Gasteiger partial charge in [0.05, 0.1) is 6.04 Å². The summed E-state index contributed by atoms with van der Waals surface area (Å²) in [5, 5.41) is 0. The Morgan fingerprint density at radius 3 is 2.43 bits per heavy atom. The summed E-state index contributed by atoms with van der Waals surface area (Å²) < 4.78 is 9.99. The molecule has 21 heavy (non-hydrogen) atoms. The minimum absolute atomic E-state index is 0.0828. The zero-order valence-corrected chi connectivity index (χ0v) is 13.3. The van der Waals surface area contributed by atoms with Gasteiger partial charge in [0.2, 0.25) is 0 Å². The molecular weight excluding hydrogens is 276 g/mol. The van der Waals surface area contributed by atoms with Crippen molar-refractivity contribution in [1.29, 1.82) is 0 Å². The molecule has 0 aromatic rings. The van der Waals surface area contributed by atoms with Crippen LogP contribution in [0.2, 0.25) is 0 Å². The number of esters is 1. The van der Waals surface area contributed by atoms with Crippen LogP contribution in [0, 0.1) is 0 Å². The van der Waals surface area contributed by atoms with Gasteiger partial charge in [0.25, 0.3) is 5.91 Å². The number of rotatable bonds is 3. The number of amides is 2. The van der Waals surface area contributed by atoms with Crippen LogP contribution in [0.3, 0.4) is 0 Å². The van der Waals surface area contributed by atoms with Crippen molar-refractivity contribution in [3.05, 3.63) is 0 Å². The van der Waals surface area contributed by atoms with E-state index in [9.17, 15) is 14.4 Å². The van der Waals surface area contributed by atoms with Crippen molar-refractivity contribution in [2.45, 2.75) is 45.8 Å². The SMILES string of the molecule is CC(=O)OCC(=O)N(C)C1CCN(C(=O)OC(C)(C)C)C1. The highest BCUT2D eigenvalue weighted by atomic mass is 16.6. The van der Waals surface area contributed by atoms with E-state index in [1.54, 1.807) is 11.9 Å². The van der Waals surface area contributed by atoms with E-state index in [1.807, 2.05) is 20.8 Å². The van der Waals surface area contributed by atoms with Gasteiger partial charge in [-0.05, 0) is 27.2 Å². The summed E-state index contributed by atoms with van der Waals surface area (Å²) in [6.45, 7) is 7.40. The van der Waals surface area contributed by atoms with Gasteiger partial charge in [0.15, 0.2) is 6.61 Å². The molecule has 1 fully saturated rings.